The van der Waals surface area contributed by atoms with Crippen molar-refractivity contribution < 1.29 is 69.7 Å². The monoisotopic (exact) mass is 782 g/mol. The summed E-state index contributed by atoms with van der Waals surface area (Å²) in [6.45, 7) is 12.3. The van der Waals surface area contributed by atoms with Crippen molar-refractivity contribution in [3.63, 3.8) is 0 Å². The van der Waals surface area contributed by atoms with Crippen LogP contribution in [0.1, 0.15) is 99.3 Å². The highest BCUT2D eigenvalue weighted by atomic mass is 16.7. The lowest BCUT2D eigenvalue weighted by Crippen LogP contribution is -2.69. The Bertz CT molecular complexity index is 1490. The molecule has 19 atom stereocenters. The molecule has 0 radical (unpaired) electrons. The molecule has 0 bridgehead atoms. The Hall–Kier alpha value is -1.27. The summed E-state index contributed by atoms with van der Waals surface area (Å²) in [6, 6.07) is 0. The first-order valence-corrected chi connectivity index (χ1v) is 20.5. The number of aliphatic hydroxyl groups is 9. The summed E-state index contributed by atoms with van der Waals surface area (Å²) in [7, 11) is 0. The van der Waals surface area contributed by atoms with Crippen molar-refractivity contribution in [2.24, 2.45) is 50.2 Å². The van der Waals surface area contributed by atoms with Crippen LogP contribution in [-0.2, 0) is 23.7 Å². The lowest BCUT2D eigenvalue weighted by molar-refractivity contribution is -0.313. The van der Waals surface area contributed by atoms with Crippen LogP contribution >= 0.6 is 0 Å². The summed E-state index contributed by atoms with van der Waals surface area (Å²) < 4.78 is 23.5. The minimum atomic E-state index is -1.75. The van der Waals surface area contributed by atoms with Gasteiger partial charge in [-0.25, -0.2) is 0 Å². The molecule has 14 nitrogen and oxygen atoms in total. The summed E-state index contributed by atoms with van der Waals surface area (Å²) >= 11 is 0. The Balaban J connectivity index is 1.20. The Morgan fingerprint density at radius 1 is 0.800 bits per heavy atom. The van der Waals surface area contributed by atoms with Crippen LogP contribution in [0.2, 0.25) is 0 Å². The van der Waals surface area contributed by atoms with Crippen molar-refractivity contribution in [1.82, 2.24) is 0 Å². The maximum atomic E-state index is 14.6. The predicted molar refractivity (Wildman–Crippen MR) is 194 cm³/mol. The number of allylic oxidation sites excluding steroid dienone is 2. The van der Waals surface area contributed by atoms with Crippen molar-refractivity contribution in [3.05, 3.63) is 11.6 Å². The van der Waals surface area contributed by atoms with Crippen LogP contribution in [0.3, 0.4) is 0 Å². The van der Waals surface area contributed by atoms with E-state index in [2.05, 4.69) is 40.7 Å². The summed E-state index contributed by atoms with van der Waals surface area (Å²) in [5.74, 6) is -0.910. The van der Waals surface area contributed by atoms with Gasteiger partial charge < -0.3 is 64.9 Å². The van der Waals surface area contributed by atoms with Gasteiger partial charge in [0.1, 0.15) is 48.1 Å². The molecule has 314 valence electrons. The highest BCUT2D eigenvalue weighted by Gasteiger charge is 2.72. The molecular formula is C41H66O14. The fraction of sp³-hybridized carbons (Fsp3) is 0.927. The van der Waals surface area contributed by atoms with E-state index in [4.69, 9.17) is 18.9 Å². The highest BCUT2D eigenvalue weighted by molar-refractivity contribution is 5.80. The van der Waals surface area contributed by atoms with Crippen molar-refractivity contribution in [2.45, 2.75) is 167 Å². The second-order valence-corrected chi connectivity index (χ2v) is 20.2. The lowest BCUT2D eigenvalue weighted by atomic mass is 9.33. The number of aliphatic hydroxyl groups excluding tert-OH is 9. The Morgan fingerprint density at radius 3 is 2.16 bits per heavy atom. The Morgan fingerprint density at radius 2 is 1.49 bits per heavy atom. The number of ether oxygens (including phenoxy) is 4. The van der Waals surface area contributed by atoms with E-state index < -0.39 is 96.3 Å². The van der Waals surface area contributed by atoms with Crippen LogP contribution in [0.5, 0.6) is 0 Å². The molecule has 0 aromatic heterocycles. The maximum Gasteiger partial charge on any atom is 0.317 e. The lowest BCUT2D eigenvalue weighted by Gasteiger charge is -2.72. The molecule has 14 heteroatoms. The van der Waals surface area contributed by atoms with Crippen LogP contribution in [0.15, 0.2) is 11.6 Å². The van der Waals surface area contributed by atoms with Gasteiger partial charge in [-0.3, -0.25) is 4.79 Å². The fourth-order valence-corrected chi connectivity index (χ4v) is 13.4. The molecule has 6 fully saturated rings. The van der Waals surface area contributed by atoms with E-state index >= 15 is 0 Å². The van der Waals surface area contributed by atoms with Crippen LogP contribution in [0.25, 0.3) is 0 Å². The quantitative estimate of drug-likeness (QED) is 0.104. The van der Waals surface area contributed by atoms with Gasteiger partial charge in [0.15, 0.2) is 6.29 Å². The molecule has 0 amide bonds. The first-order valence-electron chi connectivity index (χ1n) is 20.5. The molecule has 0 spiro atoms. The van der Waals surface area contributed by atoms with Crippen molar-refractivity contribution >= 4 is 5.97 Å². The van der Waals surface area contributed by atoms with Gasteiger partial charge in [-0.15, -0.1) is 0 Å². The number of carbonyl (C=O) groups is 1. The third kappa shape index (κ3) is 6.05. The largest absolute Gasteiger partial charge is 0.432 e. The number of fused-ring (bicyclic) bond motifs is 7. The molecule has 4 saturated carbocycles. The van der Waals surface area contributed by atoms with E-state index in [1.807, 2.05) is 6.92 Å². The number of hydrogen-bond acceptors (Lipinski definition) is 14. The van der Waals surface area contributed by atoms with Crippen molar-refractivity contribution in [1.29, 1.82) is 0 Å². The predicted octanol–water partition coefficient (Wildman–Crippen LogP) is 0.899. The fourth-order valence-electron chi connectivity index (χ4n) is 13.4. The first kappa shape index (κ1) is 41.9. The van der Waals surface area contributed by atoms with E-state index in [1.54, 1.807) is 0 Å². The molecule has 5 aliphatic carbocycles. The van der Waals surface area contributed by atoms with Gasteiger partial charge in [0.2, 0.25) is 6.29 Å². The molecule has 7 aliphatic rings. The van der Waals surface area contributed by atoms with Gasteiger partial charge in [-0.05, 0) is 97.2 Å². The molecule has 2 saturated heterocycles. The average molecular weight is 783 g/mol. The number of hydrogen-bond donors (Lipinski definition) is 9. The number of esters is 1. The second kappa shape index (κ2) is 14.2. The summed E-state index contributed by atoms with van der Waals surface area (Å²) in [5, 5.41) is 95.9. The zero-order valence-corrected chi connectivity index (χ0v) is 33.2. The van der Waals surface area contributed by atoms with Crippen LogP contribution in [0.4, 0.5) is 0 Å². The molecule has 55 heavy (non-hydrogen) atoms. The first-order chi connectivity index (χ1) is 25.6. The SMILES string of the molecule is CC1(C)CC[C@]2(C(=O)O[C@@H]3O[C@H](CO)[C@@H](O)[C@H](O)[C@H]3O)[C@H](O)C[C@]3(C)C(=CC[C@@H]4[C@@]5(C)CC[C@H](O[C@@H]6OC[C@H](O)[C@H](O)[C@H]6O)[C@@](C)(CO)[C@@H]5CC[C@]43C)[C@@H]2C1. The van der Waals surface area contributed by atoms with Gasteiger partial charge in [-0.1, -0.05) is 53.2 Å². The highest BCUT2D eigenvalue weighted by Crippen LogP contribution is 2.76. The van der Waals surface area contributed by atoms with Crippen LogP contribution in [0, 0.1) is 50.2 Å². The zero-order valence-electron chi connectivity index (χ0n) is 33.2. The van der Waals surface area contributed by atoms with E-state index in [1.165, 1.54) is 0 Å². The molecule has 0 aromatic carbocycles. The summed E-state index contributed by atoms with van der Waals surface area (Å²) in [4.78, 5) is 14.6. The van der Waals surface area contributed by atoms with Crippen molar-refractivity contribution in [3.8, 4) is 0 Å². The second-order valence-electron chi connectivity index (χ2n) is 20.2. The average Bonchev–Trinajstić information content (AvgIpc) is 3.13. The topological polar surface area (TPSA) is 236 Å². The smallest absolute Gasteiger partial charge is 0.317 e. The Labute approximate surface area is 323 Å². The van der Waals surface area contributed by atoms with E-state index in [9.17, 15) is 50.8 Å². The Kier molecular flexibility index (Phi) is 10.8. The number of rotatable bonds is 6. The standard InChI is InChI=1S/C41H66O14/c1-36(2)13-14-41(35(51)55-34-32(50)30(48)29(47)23(17-42)53-34)21(15-36)20-7-8-25-37(3)11-10-27(54-33-31(49)28(46)22(44)18-52-33)38(4,19-43)24(37)9-12-39(25,5)40(20,6)16-26(41)45/h7,21-34,42-50H,8-19H2,1-6H3/t21-,22-,23+,24+,25+,26+,27-,28-,29+,30-,31+,32+,33-,34-,37-,38-,39+,40+,41+/m0/s1. The third-order valence-corrected chi connectivity index (χ3v) is 17.0. The third-order valence-electron chi connectivity index (χ3n) is 17.0. The zero-order chi connectivity index (χ0) is 40.3. The van der Waals surface area contributed by atoms with Crippen LogP contribution in [-0.4, -0.2) is 139 Å². The van der Waals surface area contributed by atoms with Gasteiger partial charge in [0.25, 0.3) is 0 Å². The molecule has 0 unspecified atom stereocenters. The van der Waals surface area contributed by atoms with Gasteiger partial charge in [0, 0.05) is 5.41 Å². The van der Waals surface area contributed by atoms with Crippen molar-refractivity contribution in [2.75, 3.05) is 19.8 Å². The van der Waals surface area contributed by atoms with E-state index in [0.717, 1.165) is 31.3 Å². The van der Waals surface area contributed by atoms with E-state index in [-0.39, 0.29) is 47.2 Å². The van der Waals surface area contributed by atoms with Crippen LogP contribution < -0.4 is 0 Å². The van der Waals surface area contributed by atoms with E-state index in [0.29, 0.717) is 32.1 Å². The minimum absolute atomic E-state index is 0.0337. The molecule has 0 aromatic rings. The molecular weight excluding hydrogens is 716 g/mol. The molecule has 9 N–H and O–H groups in total. The van der Waals surface area contributed by atoms with Gasteiger partial charge >= 0.3 is 5.97 Å². The molecule has 7 rings (SSSR count). The molecule has 2 aliphatic heterocycles. The molecule has 2 heterocycles. The van der Waals surface area contributed by atoms with Gasteiger partial charge in [-0.2, -0.15) is 0 Å². The minimum Gasteiger partial charge on any atom is -0.432 e. The summed E-state index contributed by atoms with van der Waals surface area (Å²) in [5.41, 5.74) is -2.10. The van der Waals surface area contributed by atoms with Gasteiger partial charge in [0.05, 0.1) is 32.0 Å². The normalized spacial score (nSPS) is 54.9. The number of carbonyl (C=O) groups excluding carboxylic acids is 1. The maximum absolute atomic E-state index is 14.6. The summed E-state index contributed by atoms with van der Waals surface area (Å²) in [6.07, 6.45) is -6.79.